The van der Waals surface area contributed by atoms with Crippen molar-refractivity contribution < 1.29 is 4.79 Å². The minimum absolute atomic E-state index is 0. The van der Waals surface area contributed by atoms with Gasteiger partial charge in [-0.15, -0.1) is 24.8 Å². The standard InChI is InChI=1S/C16H23N3O.2ClH/c1-18-9-10-19(12-13-5-2-3-7-15(13)18)16(20)11-14-6-4-8-17-14;;/h2-3,5,7,14,17H,4,6,8-12H2,1H3;2*1H. The molecule has 2 heterocycles. The van der Waals surface area contributed by atoms with Gasteiger partial charge >= 0.3 is 0 Å². The molecular formula is C16H25Cl2N3O. The van der Waals surface area contributed by atoms with E-state index in [1.165, 1.54) is 17.7 Å². The number of hydrogen-bond acceptors (Lipinski definition) is 3. The van der Waals surface area contributed by atoms with Crippen LogP contribution >= 0.6 is 24.8 Å². The van der Waals surface area contributed by atoms with Gasteiger partial charge < -0.3 is 15.1 Å². The van der Waals surface area contributed by atoms with Crippen LogP contribution in [-0.4, -0.2) is 43.5 Å². The maximum Gasteiger partial charge on any atom is 0.224 e. The summed E-state index contributed by atoms with van der Waals surface area (Å²) in [4.78, 5) is 16.8. The highest BCUT2D eigenvalue weighted by Crippen LogP contribution is 2.24. The maximum atomic E-state index is 12.5. The van der Waals surface area contributed by atoms with Crippen molar-refractivity contribution in [2.24, 2.45) is 0 Å². The van der Waals surface area contributed by atoms with Gasteiger partial charge in [0.05, 0.1) is 0 Å². The largest absolute Gasteiger partial charge is 0.373 e. The van der Waals surface area contributed by atoms with Crippen LogP contribution in [0.1, 0.15) is 24.8 Å². The highest BCUT2D eigenvalue weighted by Gasteiger charge is 2.24. The fourth-order valence-corrected chi connectivity index (χ4v) is 3.18. The monoisotopic (exact) mass is 345 g/mol. The van der Waals surface area contributed by atoms with E-state index in [2.05, 4.69) is 41.5 Å². The second-order valence-corrected chi connectivity index (χ2v) is 5.86. The first-order chi connectivity index (χ1) is 9.74. The molecule has 1 aromatic rings. The number of rotatable bonds is 2. The predicted octanol–water partition coefficient (Wildman–Crippen LogP) is 2.45. The number of fused-ring (bicyclic) bond motifs is 1. The SMILES string of the molecule is CN1CCN(C(=O)CC2CCCN2)Cc2ccccc21.Cl.Cl. The molecule has 2 aliphatic heterocycles. The van der Waals surface area contributed by atoms with Gasteiger partial charge in [0.25, 0.3) is 0 Å². The van der Waals surface area contributed by atoms with Crippen molar-refractivity contribution in [1.82, 2.24) is 10.2 Å². The first-order valence-electron chi connectivity index (χ1n) is 7.54. The van der Waals surface area contributed by atoms with Gasteiger partial charge in [-0.25, -0.2) is 0 Å². The third-order valence-corrected chi connectivity index (χ3v) is 4.41. The average Bonchev–Trinajstić information content (AvgIpc) is 2.90. The van der Waals surface area contributed by atoms with Crippen LogP contribution in [0, 0.1) is 0 Å². The van der Waals surface area contributed by atoms with Crippen LogP contribution < -0.4 is 10.2 Å². The number of carbonyl (C=O) groups excluding carboxylic acids is 1. The van der Waals surface area contributed by atoms with E-state index in [4.69, 9.17) is 0 Å². The fraction of sp³-hybridized carbons (Fsp3) is 0.562. The lowest BCUT2D eigenvalue weighted by Gasteiger charge is -2.22. The van der Waals surface area contributed by atoms with Crippen LogP contribution in [0.5, 0.6) is 0 Å². The molecule has 3 rings (SSSR count). The Bertz CT molecular complexity index is 492. The second-order valence-electron chi connectivity index (χ2n) is 5.86. The van der Waals surface area contributed by atoms with Crippen molar-refractivity contribution in [3.63, 3.8) is 0 Å². The van der Waals surface area contributed by atoms with Crippen molar-refractivity contribution in [2.45, 2.75) is 31.8 Å². The van der Waals surface area contributed by atoms with Crippen molar-refractivity contribution in [3.05, 3.63) is 29.8 Å². The highest BCUT2D eigenvalue weighted by molar-refractivity contribution is 5.85. The summed E-state index contributed by atoms with van der Waals surface area (Å²) in [6.07, 6.45) is 2.98. The molecule has 1 atom stereocenters. The van der Waals surface area contributed by atoms with Gasteiger partial charge in [0, 0.05) is 44.8 Å². The molecule has 0 bridgehead atoms. The second kappa shape index (κ2) is 8.61. The molecule has 1 amide bonds. The normalized spacial score (nSPS) is 20.5. The predicted molar refractivity (Wildman–Crippen MR) is 95.3 cm³/mol. The number of para-hydroxylation sites is 1. The van der Waals surface area contributed by atoms with E-state index < -0.39 is 0 Å². The lowest BCUT2D eigenvalue weighted by Crippen LogP contribution is -2.37. The van der Waals surface area contributed by atoms with Crippen molar-refractivity contribution >= 4 is 36.4 Å². The zero-order chi connectivity index (χ0) is 13.9. The van der Waals surface area contributed by atoms with Crippen molar-refractivity contribution in [3.8, 4) is 0 Å². The van der Waals surface area contributed by atoms with E-state index >= 15 is 0 Å². The van der Waals surface area contributed by atoms with E-state index in [-0.39, 0.29) is 30.7 Å². The molecule has 22 heavy (non-hydrogen) atoms. The summed E-state index contributed by atoms with van der Waals surface area (Å²) in [6.45, 7) is 3.52. The van der Waals surface area contributed by atoms with E-state index in [1.807, 2.05) is 4.90 Å². The Morgan fingerprint density at radius 3 is 2.77 bits per heavy atom. The highest BCUT2D eigenvalue weighted by atomic mass is 35.5. The molecule has 1 N–H and O–H groups in total. The fourth-order valence-electron chi connectivity index (χ4n) is 3.18. The zero-order valence-electron chi connectivity index (χ0n) is 13.0. The molecule has 1 aromatic carbocycles. The number of hydrogen-bond donors (Lipinski definition) is 1. The summed E-state index contributed by atoms with van der Waals surface area (Å²) in [5, 5.41) is 3.41. The summed E-state index contributed by atoms with van der Waals surface area (Å²) in [5.74, 6) is 0.287. The summed E-state index contributed by atoms with van der Waals surface area (Å²) >= 11 is 0. The van der Waals surface area contributed by atoms with E-state index in [1.54, 1.807) is 0 Å². The molecule has 1 saturated heterocycles. The maximum absolute atomic E-state index is 12.5. The number of amides is 1. The first kappa shape index (κ1) is 19.1. The molecule has 124 valence electrons. The van der Waals surface area contributed by atoms with Crippen LogP contribution in [-0.2, 0) is 11.3 Å². The first-order valence-corrected chi connectivity index (χ1v) is 7.54. The van der Waals surface area contributed by atoms with Crippen LogP contribution in [0.3, 0.4) is 0 Å². The quantitative estimate of drug-likeness (QED) is 0.894. The topological polar surface area (TPSA) is 35.6 Å². The molecule has 6 heteroatoms. The molecule has 0 aromatic heterocycles. The number of likely N-dealkylation sites (N-methyl/N-ethyl adjacent to an activating group) is 1. The van der Waals surface area contributed by atoms with Gasteiger partial charge in [-0.05, 0) is 31.0 Å². The van der Waals surface area contributed by atoms with E-state index in [0.29, 0.717) is 12.5 Å². The molecule has 1 unspecified atom stereocenters. The minimum atomic E-state index is 0. The van der Waals surface area contributed by atoms with Crippen LogP contribution in [0.2, 0.25) is 0 Å². The summed E-state index contributed by atoms with van der Waals surface area (Å²) in [5.41, 5.74) is 2.50. The van der Waals surface area contributed by atoms with Crippen LogP contribution in [0.15, 0.2) is 24.3 Å². The Labute approximate surface area is 145 Å². The summed E-state index contributed by atoms with van der Waals surface area (Å²) in [7, 11) is 2.10. The van der Waals surface area contributed by atoms with Crippen molar-refractivity contribution in [1.29, 1.82) is 0 Å². The van der Waals surface area contributed by atoms with Gasteiger partial charge in [-0.2, -0.15) is 0 Å². The Morgan fingerprint density at radius 1 is 1.27 bits per heavy atom. The Balaban J connectivity index is 0.00000121. The number of benzene rings is 1. The van der Waals surface area contributed by atoms with E-state index in [9.17, 15) is 4.79 Å². The number of nitrogens with one attached hydrogen (secondary N) is 1. The third-order valence-electron chi connectivity index (χ3n) is 4.41. The molecule has 2 aliphatic rings. The van der Waals surface area contributed by atoms with Crippen molar-refractivity contribution in [2.75, 3.05) is 31.6 Å². The molecule has 0 aliphatic carbocycles. The Kier molecular flexibility index (Phi) is 7.46. The average molecular weight is 346 g/mol. The molecular weight excluding hydrogens is 321 g/mol. The lowest BCUT2D eigenvalue weighted by molar-refractivity contribution is -0.132. The molecule has 0 radical (unpaired) electrons. The summed E-state index contributed by atoms with van der Waals surface area (Å²) < 4.78 is 0. The van der Waals surface area contributed by atoms with Crippen LogP contribution in [0.25, 0.3) is 0 Å². The van der Waals surface area contributed by atoms with Gasteiger partial charge in [-0.3, -0.25) is 4.79 Å². The number of carbonyl (C=O) groups is 1. The smallest absolute Gasteiger partial charge is 0.224 e. The summed E-state index contributed by atoms with van der Waals surface area (Å²) in [6, 6.07) is 8.78. The number of nitrogens with zero attached hydrogens (tertiary/aromatic N) is 2. The molecule has 0 spiro atoms. The van der Waals surface area contributed by atoms with Gasteiger partial charge in [0.1, 0.15) is 0 Å². The Hall–Kier alpha value is -0.970. The number of halogens is 2. The lowest BCUT2D eigenvalue weighted by atomic mass is 10.1. The van der Waals surface area contributed by atoms with E-state index in [0.717, 1.165) is 32.6 Å². The third kappa shape index (κ3) is 4.28. The minimum Gasteiger partial charge on any atom is -0.373 e. The Morgan fingerprint density at radius 2 is 2.05 bits per heavy atom. The zero-order valence-corrected chi connectivity index (χ0v) is 14.6. The van der Waals surface area contributed by atoms with Gasteiger partial charge in [0.2, 0.25) is 5.91 Å². The molecule has 1 fully saturated rings. The molecule has 4 nitrogen and oxygen atoms in total. The molecule has 0 saturated carbocycles. The van der Waals surface area contributed by atoms with Gasteiger partial charge in [0.15, 0.2) is 0 Å². The number of anilines is 1. The van der Waals surface area contributed by atoms with Crippen LogP contribution in [0.4, 0.5) is 5.69 Å². The van der Waals surface area contributed by atoms with Gasteiger partial charge in [-0.1, -0.05) is 18.2 Å².